The highest BCUT2D eigenvalue weighted by atomic mass is 16.4. The van der Waals surface area contributed by atoms with Gasteiger partial charge in [-0.05, 0) is 24.5 Å². The molecule has 1 aliphatic heterocycles. The molecule has 0 saturated heterocycles. The molecule has 0 bridgehead atoms. The first-order chi connectivity index (χ1) is 8.18. The smallest absolute Gasteiger partial charge is 0.305 e. The summed E-state index contributed by atoms with van der Waals surface area (Å²) < 4.78 is 0. The molecule has 1 aromatic carbocycles. The molecule has 2 rings (SSSR count). The molecule has 0 atom stereocenters. The van der Waals surface area contributed by atoms with E-state index >= 15 is 0 Å². The van der Waals surface area contributed by atoms with Crippen molar-refractivity contribution in [2.75, 3.05) is 11.4 Å². The number of carboxylic acids is 1. The number of aryl methyl sites for hydroxylation is 1. The normalized spacial score (nSPS) is 15.3. The minimum atomic E-state index is -0.875. The van der Waals surface area contributed by atoms with Gasteiger partial charge in [-0.2, -0.15) is 0 Å². The Morgan fingerprint density at radius 1 is 1.29 bits per heavy atom. The van der Waals surface area contributed by atoms with Crippen LogP contribution in [-0.2, 0) is 16.0 Å². The highest BCUT2D eigenvalue weighted by Gasteiger charge is 2.21. The minimum absolute atomic E-state index is 0.0138. The zero-order chi connectivity index (χ0) is 12.3. The summed E-state index contributed by atoms with van der Waals surface area (Å²) in [6.07, 6.45) is 2.19. The van der Waals surface area contributed by atoms with Gasteiger partial charge in [-0.25, -0.2) is 0 Å². The van der Waals surface area contributed by atoms with E-state index in [2.05, 4.69) is 0 Å². The monoisotopic (exact) mass is 233 g/mol. The van der Waals surface area contributed by atoms with Crippen molar-refractivity contribution in [3.8, 4) is 0 Å². The number of carbonyl (C=O) groups is 2. The van der Waals surface area contributed by atoms with Crippen LogP contribution in [0.1, 0.15) is 24.8 Å². The SMILES string of the molecule is O=C(O)CCN1C(=O)CCCc2ccccc21. The summed E-state index contributed by atoms with van der Waals surface area (Å²) in [5, 5.41) is 8.71. The lowest BCUT2D eigenvalue weighted by molar-refractivity contribution is -0.136. The first-order valence-corrected chi connectivity index (χ1v) is 5.78. The Hall–Kier alpha value is -1.84. The van der Waals surface area contributed by atoms with Crippen molar-refractivity contribution in [1.82, 2.24) is 0 Å². The van der Waals surface area contributed by atoms with Crippen molar-refractivity contribution in [2.45, 2.75) is 25.7 Å². The Kier molecular flexibility index (Phi) is 3.42. The fourth-order valence-electron chi connectivity index (χ4n) is 2.14. The molecule has 4 heteroatoms. The van der Waals surface area contributed by atoms with E-state index < -0.39 is 5.97 Å². The molecule has 0 unspecified atom stereocenters. The highest BCUT2D eigenvalue weighted by Crippen LogP contribution is 2.26. The lowest BCUT2D eigenvalue weighted by atomic mass is 10.1. The number of nitrogens with zero attached hydrogens (tertiary/aromatic N) is 1. The van der Waals surface area contributed by atoms with Gasteiger partial charge in [0.05, 0.1) is 6.42 Å². The van der Waals surface area contributed by atoms with Gasteiger partial charge < -0.3 is 10.0 Å². The van der Waals surface area contributed by atoms with Gasteiger partial charge in [0, 0.05) is 18.7 Å². The second kappa shape index (κ2) is 4.99. The quantitative estimate of drug-likeness (QED) is 0.866. The van der Waals surface area contributed by atoms with Crippen molar-refractivity contribution < 1.29 is 14.7 Å². The highest BCUT2D eigenvalue weighted by molar-refractivity contribution is 5.95. The number of amides is 1. The van der Waals surface area contributed by atoms with Crippen LogP contribution in [0.25, 0.3) is 0 Å². The van der Waals surface area contributed by atoms with Crippen molar-refractivity contribution in [3.05, 3.63) is 29.8 Å². The first kappa shape index (κ1) is 11.6. The third-order valence-electron chi connectivity index (χ3n) is 2.97. The molecule has 0 aromatic heterocycles. The third kappa shape index (κ3) is 2.64. The van der Waals surface area contributed by atoms with Crippen LogP contribution in [0, 0.1) is 0 Å². The predicted octanol–water partition coefficient (Wildman–Crippen LogP) is 1.83. The molecular weight excluding hydrogens is 218 g/mol. The fourth-order valence-corrected chi connectivity index (χ4v) is 2.14. The maximum atomic E-state index is 11.9. The summed E-state index contributed by atoms with van der Waals surface area (Å²) in [4.78, 5) is 24.1. The molecule has 1 N–H and O–H groups in total. The van der Waals surface area contributed by atoms with E-state index in [1.54, 1.807) is 4.90 Å². The van der Waals surface area contributed by atoms with E-state index in [1.165, 1.54) is 0 Å². The standard InChI is InChI=1S/C13H15NO3/c15-12-7-3-5-10-4-1-2-6-11(10)14(12)9-8-13(16)17/h1-2,4,6H,3,5,7-9H2,(H,16,17). The van der Waals surface area contributed by atoms with E-state index in [9.17, 15) is 9.59 Å². The molecule has 1 aromatic rings. The molecule has 0 saturated carbocycles. The topological polar surface area (TPSA) is 57.6 Å². The van der Waals surface area contributed by atoms with Crippen molar-refractivity contribution in [3.63, 3.8) is 0 Å². The Bertz CT molecular complexity index is 442. The number of fused-ring (bicyclic) bond motifs is 1. The number of rotatable bonds is 3. The number of hydrogen-bond donors (Lipinski definition) is 1. The maximum Gasteiger partial charge on any atom is 0.305 e. The lowest BCUT2D eigenvalue weighted by Crippen LogP contribution is -2.32. The van der Waals surface area contributed by atoms with Crippen LogP contribution < -0.4 is 4.90 Å². The second-order valence-electron chi connectivity index (χ2n) is 4.17. The van der Waals surface area contributed by atoms with Gasteiger partial charge in [-0.3, -0.25) is 9.59 Å². The summed E-state index contributed by atoms with van der Waals surface area (Å²) in [7, 11) is 0. The molecular formula is C13H15NO3. The summed E-state index contributed by atoms with van der Waals surface area (Å²) >= 11 is 0. The largest absolute Gasteiger partial charge is 0.481 e. The summed E-state index contributed by atoms with van der Waals surface area (Å²) in [5.41, 5.74) is 2.00. The molecule has 1 amide bonds. The third-order valence-corrected chi connectivity index (χ3v) is 2.97. The molecule has 0 radical (unpaired) electrons. The fraction of sp³-hybridized carbons (Fsp3) is 0.385. The van der Waals surface area contributed by atoms with E-state index in [1.807, 2.05) is 24.3 Å². The van der Waals surface area contributed by atoms with Crippen LogP contribution in [0.3, 0.4) is 0 Å². The predicted molar refractivity (Wildman–Crippen MR) is 64.0 cm³/mol. The molecule has 0 aliphatic carbocycles. The average Bonchev–Trinajstić information content (AvgIpc) is 2.45. The molecule has 0 spiro atoms. The van der Waals surface area contributed by atoms with Crippen LogP contribution >= 0.6 is 0 Å². The number of hydrogen-bond acceptors (Lipinski definition) is 2. The van der Waals surface area contributed by atoms with Gasteiger partial charge in [0.2, 0.25) is 5.91 Å². The van der Waals surface area contributed by atoms with Crippen molar-refractivity contribution >= 4 is 17.6 Å². The van der Waals surface area contributed by atoms with Crippen LogP contribution in [0.2, 0.25) is 0 Å². The zero-order valence-electron chi connectivity index (χ0n) is 9.56. The zero-order valence-corrected chi connectivity index (χ0v) is 9.56. The maximum absolute atomic E-state index is 11.9. The van der Waals surface area contributed by atoms with Crippen molar-refractivity contribution in [1.29, 1.82) is 0 Å². The summed E-state index contributed by atoms with van der Waals surface area (Å²) in [6, 6.07) is 7.72. The van der Waals surface area contributed by atoms with Crippen molar-refractivity contribution in [2.24, 2.45) is 0 Å². The number of benzene rings is 1. The second-order valence-corrected chi connectivity index (χ2v) is 4.17. The average molecular weight is 233 g/mol. The van der Waals surface area contributed by atoms with E-state index in [4.69, 9.17) is 5.11 Å². The molecule has 4 nitrogen and oxygen atoms in total. The Labute approximate surface area is 99.9 Å². The van der Waals surface area contributed by atoms with Gasteiger partial charge in [-0.15, -0.1) is 0 Å². The van der Waals surface area contributed by atoms with Crippen LogP contribution in [-0.4, -0.2) is 23.5 Å². The number of anilines is 1. The van der Waals surface area contributed by atoms with Gasteiger partial charge >= 0.3 is 5.97 Å². The molecule has 1 heterocycles. The molecule has 0 fully saturated rings. The number of aliphatic carboxylic acids is 1. The van der Waals surface area contributed by atoms with Gasteiger partial charge in [0.25, 0.3) is 0 Å². The van der Waals surface area contributed by atoms with Gasteiger partial charge in [0.15, 0.2) is 0 Å². The molecule has 17 heavy (non-hydrogen) atoms. The van der Waals surface area contributed by atoms with Crippen LogP contribution in [0.15, 0.2) is 24.3 Å². The molecule has 1 aliphatic rings. The number of carboxylic acid groups (broad SMARTS) is 1. The van der Waals surface area contributed by atoms with E-state index in [0.29, 0.717) is 6.42 Å². The summed E-state index contributed by atoms with van der Waals surface area (Å²) in [6.45, 7) is 0.255. The van der Waals surface area contributed by atoms with E-state index in [0.717, 1.165) is 24.1 Å². The van der Waals surface area contributed by atoms with Crippen LogP contribution in [0.5, 0.6) is 0 Å². The Balaban J connectivity index is 2.27. The summed E-state index contributed by atoms with van der Waals surface area (Å²) in [5.74, 6) is -0.851. The molecule has 90 valence electrons. The van der Waals surface area contributed by atoms with E-state index in [-0.39, 0.29) is 18.9 Å². The first-order valence-electron chi connectivity index (χ1n) is 5.78. The minimum Gasteiger partial charge on any atom is -0.481 e. The lowest BCUT2D eigenvalue weighted by Gasteiger charge is -2.22. The number of para-hydroxylation sites is 1. The van der Waals surface area contributed by atoms with Crippen LogP contribution in [0.4, 0.5) is 5.69 Å². The Morgan fingerprint density at radius 3 is 2.82 bits per heavy atom. The number of carbonyl (C=O) groups excluding carboxylic acids is 1. The van der Waals surface area contributed by atoms with Gasteiger partial charge in [0.1, 0.15) is 0 Å². The van der Waals surface area contributed by atoms with Gasteiger partial charge in [-0.1, -0.05) is 18.2 Å². The Morgan fingerprint density at radius 2 is 2.06 bits per heavy atom.